The van der Waals surface area contributed by atoms with Gasteiger partial charge in [-0.2, -0.15) is 0 Å². The number of ether oxygens (including phenoxy) is 2. The summed E-state index contributed by atoms with van der Waals surface area (Å²) in [6, 6.07) is 13.9. The highest BCUT2D eigenvalue weighted by atomic mass is 31.0. The molecule has 0 heterocycles. The van der Waals surface area contributed by atoms with Crippen molar-refractivity contribution in [3.8, 4) is 22.6 Å². The first-order valence-electron chi connectivity index (χ1n) is 5.33. The van der Waals surface area contributed by atoms with Gasteiger partial charge in [0.25, 0.3) is 0 Å². The first-order chi connectivity index (χ1) is 8.27. The predicted octanol–water partition coefficient (Wildman–Crippen LogP) is 2.87. The van der Waals surface area contributed by atoms with Crippen molar-refractivity contribution in [1.29, 1.82) is 0 Å². The molecule has 0 spiro atoms. The fraction of sp³-hybridized carbons (Fsp3) is 0.143. The molecule has 1 atom stereocenters. The molecule has 0 fully saturated rings. The SMILES string of the molecule is COc1cccc(OC)c1-c1ccccc1P. The Hall–Kier alpha value is -1.53. The molecular formula is C14H15O2P. The third-order valence-electron chi connectivity index (χ3n) is 2.66. The van der Waals surface area contributed by atoms with Crippen molar-refractivity contribution in [3.63, 3.8) is 0 Å². The van der Waals surface area contributed by atoms with Crippen molar-refractivity contribution < 1.29 is 9.47 Å². The van der Waals surface area contributed by atoms with E-state index < -0.39 is 0 Å². The molecule has 2 aromatic carbocycles. The Kier molecular flexibility index (Phi) is 3.65. The molecule has 0 N–H and O–H groups in total. The first kappa shape index (κ1) is 11.9. The molecule has 0 radical (unpaired) electrons. The minimum absolute atomic E-state index is 0.819. The molecule has 2 nitrogen and oxygen atoms in total. The van der Waals surface area contributed by atoms with E-state index in [9.17, 15) is 0 Å². The van der Waals surface area contributed by atoms with Gasteiger partial charge in [0.2, 0.25) is 0 Å². The van der Waals surface area contributed by atoms with Crippen molar-refractivity contribution >= 4 is 14.5 Å². The summed E-state index contributed by atoms with van der Waals surface area (Å²) < 4.78 is 10.8. The largest absolute Gasteiger partial charge is 0.496 e. The zero-order valence-electron chi connectivity index (χ0n) is 9.94. The summed E-state index contributed by atoms with van der Waals surface area (Å²) in [6.07, 6.45) is 0. The van der Waals surface area contributed by atoms with Gasteiger partial charge in [0.15, 0.2) is 0 Å². The Balaban J connectivity index is 2.69. The molecule has 2 rings (SSSR count). The van der Waals surface area contributed by atoms with Crippen LogP contribution in [-0.4, -0.2) is 14.2 Å². The molecule has 2 aromatic rings. The molecule has 0 bridgehead atoms. The highest BCUT2D eigenvalue weighted by Gasteiger charge is 2.13. The van der Waals surface area contributed by atoms with Crippen LogP contribution < -0.4 is 14.8 Å². The summed E-state index contributed by atoms with van der Waals surface area (Å²) in [6.45, 7) is 0. The van der Waals surface area contributed by atoms with Gasteiger partial charge in [-0.25, -0.2) is 0 Å². The molecule has 17 heavy (non-hydrogen) atoms. The van der Waals surface area contributed by atoms with Crippen LogP contribution in [-0.2, 0) is 0 Å². The van der Waals surface area contributed by atoms with Gasteiger partial charge in [0, 0.05) is 0 Å². The summed E-state index contributed by atoms with van der Waals surface area (Å²) in [5.41, 5.74) is 2.09. The Labute approximate surface area is 104 Å². The number of hydrogen-bond acceptors (Lipinski definition) is 2. The Morgan fingerprint density at radius 1 is 0.824 bits per heavy atom. The molecule has 0 aliphatic heterocycles. The van der Waals surface area contributed by atoms with E-state index in [1.165, 1.54) is 0 Å². The van der Waals surface area contributed by atoms with Gasteiger partial charge in [-0.05, 0) is 23.0 Å². The van der Waals surface area contributed by atoms with Gasteiger partial charge in [0.05, 0.1) is 19.8 Å². The lowest BCUT2D eigenvalue weighted by molar-refractivity contribution is 0.397. The third-order valence-corrected chi connectivity index (χ3v) is 3.16. The normalized spacial score (nSPS) is 10.1. The predicted molar refractivity (Wildman–Crippen MR) is 74.3 cm³/mol. The van der Waals surface area contributed by atoms with E-state index in [1.807, 2.05) is 36.4 Å². The topological polar surface area (TPSA) is 18.5 Å². The van der Waals surface area contributed by atoms with E-state index in [0.29, 0.717) is 0 Å². The summed E-state index contributed by atoms with van der Waals surface area (Å²) in [5.74, 6) is 1.64. The summed E-state index contributed by atoms with van der Waals surface area (Å²) >= 11 is 0. The van der Waals surface area contributed by atoms with Crippen LogP contribution in [0.1, 0.15) is 0 Å². The van der Waals surface area contributed by atoms with Crippen molar-refractivity contribution in [2.24, 2.45) is 0 Å². The molecule has 0 saturated heterocycles. The van der Waals surface area contributed by atoms with E-state index in [2.05, 4.69) is 15.3 Å². The molecule has 0 amide bonds. The van der Waals surface area contributed by atoms with Crippen molar-refractivity contribution in [2.45, 2.75) is 0 Å². The zero-order chi connectivity index (χ0) is 12.3. The van der Waals surface area contributed by atoms with Gasteiger partial charge in [0.1, 0.15) is 11.5 Å². The van der Waals surface area contributed by atoms with E-state index in [4.69, 9.17) is 9.47 Å². The Bertz CT molecular complexity index is 501. The molecule has 88 valence electrons. The lowest BCUT2D eigenvalue weighted by Crippen LogP contribution is -2.00. The lowest BCUT2D eigenvalue weighted by Gasteiger charge is -2.14. The summed E-state index contributed by atoms with van der Waals surface area (Å²) in [4.78, 5) is 0. The van der Waals surface area contributed by atoms with Gasteiger partial charge in [-0.1, -0.05) is 30.3 Å². The maximum absolute atomic E-state index is 5.41. The second-order valence-electron chi connectivity index (χ2n) is 3.62. The van der Waals surface area contributed by atoms with Crippen LogP contribution in [0.3, 0.4) is 0 Å². The van der Waals surface area contributed by atoms with E-state index >= 15 is 0 Å². The molecular weight excluding hydrogens is 231 g/mol. The van der Waals surface area contributed by atoms with Crippen molar-refractivity contribution in [3.05, 3.63) is 42.5 Å². The quantitative estimate of drug-likeness (QED) is 0.775. The number of benzene rings is 2. The second kappa shape index (κ2) is 5.20. The van der Waals surface area contributed by atoms with Crippen molar-refractivity contribution in [2.75, 3.05) is 14.2 Å². The standard InChI is InChI=1S/C14H15O2P/c1-15-11-7-5-8-12(16-2)14(11)10-6-3-4-9-13(10)17/h3-9H,17H2,1-2H3. The zero-order valence-corrected chi connectivity index (χ0v) is 11.1. The van der Waals surface area contributed by atoms with E-state index in [1.54, 1.807) is 14.2 Å². The maximum atomic E-state index is 5.41. The number of rotatable bonds is 3. The smallest absolute Gasteiger partial charge is 0.130 e. The van der Waals surface area contributed by atoms with E-state index in [0.717, 1.165) is 27.9 Å². The fourth-order valence-electron chi connectivity index (χ4n) is 1.84. The third kappa shape index (κ3) is 2.27. The molecule has 1 unspecified atom stereocenters. The van der Waals surface area contributed by atoms with Crippen LogP contribution in [0.4, 0.5) is 0 Å². The van der Waals surface area contributed by atoms with Crippen LogP contribution in [0.5, 0.6) is 11.5 Å². The Morgan fingerprint density at radius 3 is 1.94 bits per heavy atom. The number of methoxy groups -OCH3 is 2. The Morgan fingerprint density at radius 2 is 1.41 bits per heavy atom. The minimum atomic E-state index is 0.819. The van der Waals surface area contributed by atoms with Gasteiger partial charge in [-0.15, -0.1) is 9.24 Å². The van der Waals surface area contributed by atoms with Gasteiger partial charge < -0.3 is 9.47 Å². The van der Waals surface area contributed by atoms with Gasteiger partial charge >= 0.3 is 0 Å². The van der Waals surface area contributed by atoms with Crippen LogP contribution in [0.15, 0.2) is 42.5 Å². The van der Waals surface area contributed by atoms with Crippen LogP contribution in [0, 0.1) is 0 Å². The van der Waals surface area contributed by atoms with Crippen LogP contribution in [0.2, 0.25) is 0 Å². The monoisotopic (exact) mass is 246 g/mol. The average molecular weight is 246 g/mol. The van der Waals surface area contributed by atoms with Crippen LogP contribution >= 0.6 is 9.24 Å². The first-order valence-corrected chi connectivity index (χ1v) is 5.91. The van der Waals surface area contributed by atoms with Gasteiger partial charge in [-0.3, -0.25) is 0 Å². The second-order valence-corrected chi connectivity index (χ2v) is 4.25. The molecule has 0 aliphatic rings. The average Bonchev–Trinajstić information content (AvgIpc) is 2.38. The fourth-order valence-corrected chi connectivity index (χ4v) is 2.19. The van der Waals surface area contributed by atoms with Crippen LogP contribution in [0.25, 0.3) is 11.1 Å². The molecule has 0 aromatic heterocycles. The molecule has 0 aliphatic carbocycles. The maximum Gasteiger partial charge on any atom is 0.130 e. The minimum Gasteiger partial charge on any atom is -0.496 e. The molecule has 0 saturated carbocycles. The molecule has 3 heteroatoms. The van der Waals surface area contributed by atoms with E-state index in [-0.39, 0.29) is 0 Å². The summed E-state index contributed by atoms with van der Waals surface area (Å²) in [7, 11) is 6.08. The van der Waals surface area contributed by atoms with Crippen molar-refractivity contribution in [1.82, 2.24) is 0 Å². The highest BCUT2D eigenvalue weighted by Crippen LogP contribution is 2.37. The lowest BCUT2D eigenvalue weighted by atomic mass is 10.0. The number of hydrogen-bond donors (Lipinski definition) is 0. The highest BCUT2D eigenvalue weighted by molar-refractivity contribution is 7.28. The summed E-state index contributed by atoms with van der Waals surface area (Å²) in [5, 5.41) is 1.12.